The summed E-state index contributed by atoms with van der Waals surface area (Å²) < 4.78 is 0. The number of nitro groups is 1. The number of carbonyl (C=O) groups is 3. The summed E-state index contributed by atoms with van der Waals surface area (Å²) in [5, 5.41) is 25.4. The third-order valence-electron chi connectivity index (χ3n) is 4.60. The normalized spacial score (nSPS) is 10.9. The molecule has 0 saturated heterocycles. The summed E-state index contributed by atoms with van der Waals surface area (Å²) in [7, 11) is 0. The number of hydrogen-bond donors (Lipinski definition) is 3. The van der Waals surface area contributed by atoms with Crippen LogP contribution >= 0.6 is 0 Å². The van der Waals surface area contributed by atoms with Gasteiger partial charge in [-0.15, -0.1) is 0 Å². The Hall–Kier alpha value is -4.79. The van der Waals surface area contributed by atoms with Crippen LogP contribution in [0.2, 0.25) is 0 Å². The molecule has 0 unspecified atom stereocenters. The summed E-state index contributed by atoms with van der Waals surface area (Å²) in [4.78, 5) is 47.7. The van der Waals surface area contributed by atoms with Gasteiger partial charge >= 0.3 is 5.97 Å². The zero-order valence-corrected chi connectivity index (χ0v) is 17.4. The molecule has 0 aliphatic rings. The van der Waals surface area contributed by atoms with Gasteiger partial charge in [0.2, 0.25) is 0 Å². The van der Waals surface area contributed by atoms with Crippen LogP contribution in [-0.2, 0) is 4.79 Å². The first-order chi connectivity index (χ1) is 15.7. The quantitative estimate of drug-likeness (QED) is 0.285. The van der Waals surface area contributed by atoms with E-state index in [0.29, 0.717) is 11.1 Å². The molecule has 2 amide bonds. The van der Waals surface area contributed by atoms with Crippen LogP contribution in [0.25, 0.3) is 6.08 Å². The Bertz CT molecular complexity index is 1270. The Morgan fingerprint density at radius 3 is 2.33 bits per heavy atom. The molecule has 0 aliphatic carbocycles. The van der Waals surface area contributed by atoms with Gasteiger partial charge in [0.05, 0.1) is 16.2 Å². The number of para-hydroxylation sites is 1. The van der Waals surface area contributed by atoms with Crippen LogP contribution in [0.3, 0.4) is 0 Å². The predicted molar refractivity (Wildman–Crippen MR) is 122 cm³/mol. The monoisotopic (exact) mass is 445 g/mol. The molecule has 0 spiro atoms. The van der Waals surface area contributed by atoms with Gasteiger partial charge in [0, 0.05) is 17.7 Å². The molecule has 33 heavy (non-hydrogen) atoms. The zero-order chi connectivity index (χ0) is 24.0. The van der Waals surface area contributed by atoms with Gasteiger partial charge < -0.3 is 15.7 Å². The summed E-state index contributed by atoms with van der Waals surface area (Å²) in [5.74, 6) is -2.61. The van der Waals surface area contributed by atoms with Gasteiger partial charge in [0.15, 0.2) is 0 Å². The van der Waals surface area contributed by atoms with Crippen LogP contribution < -0.4 is 10.6 Å². The molecule has 3 rings (SSSR count). The molecule has 0 aromatic heterocycles. The van der Waals surface area contributed by atoms with Crippen LogP contribution in [0.15, 0.2) is 78.5 Å². The molecule has 3 aromatic carbocycles. The number of nitrogens with zero attached hydrogens (tertiary/aromatic N) is 1. The molecule has 9 heteroatoms. The molecule has 3 aromatic rings. The van der Waals surface area contributed by atoms with E-state index < -0.39 is 22.7 Å². The topological polar surface area (TPSA) is 139 Å². The highest BCUT2D eigenvalue weighted by molar-refractivity contribution is 6.12. The molecule has 0 radical (unpaired) electrons. The second-order valence-corrected chi connectivity index (χ2v) is 7.04. The fourth-order valence-corrected chi connectivity index (χ4v) is 2.92. The minimum atomic E-state index is -1.24. The lowest BCUT2D eigenvalue weighted by Gasteiger charge is -2.13. The van der Waals surface area contributed by atoms with Crippen molar-refractivity contribution in [3.63, 3.8) is 0 Å². The number of amides is 2. The van der Waals surface area contributed by atoms with Gasteiger partial charge in [-0.05, 0) is 42.8 Å². The van der Waals surface area contributed by atoms with Crippen LogP contribution in [0.4, 0.5) is 11.4 Å². The number of anilines is 1. The first-order valence-electron chi connectivity index (χ1n) is 9.72. The number of carbonyl (C=O) groups excluding carboxylic acids is 2. The number of nitro benzene ring substituents is 1. The first kappa shape index (κ1) is 22.9. The number of rotatable bonds is 7. The fraction of sp³-hybridized carbons (Fsp3) is 0.0417. The number of aromatic carboxylic acids is 1. The third-order valence-corrected chi connectivity index (χ3v) is 4.60. The number of carboxylic acids is 1. The van der Waals surface area contributed by atoms with Crippen LogP contribution in [0, 0.1) is 17.0 Å². The molecule has 9 nitrogen and oxygen atoms in total. The van der Waals surface area contributed by atoms with Crippen molar-refractivity contribution in [1.82, 2.24) is 5.32 Å². The van der Waals surface area contributed by atoms with E-state index in [1.807, 2.05) is 6.92 Å². The van der Waals surface area contributed by atoms with Crippen molar-refractivity contribution < 1.29 is 24.4 Å². The van der Waals surface area contributed by atoms with Crippen molar-refractivity contribution in [2.24, 2.45) is 0 Å². The van der Waals surface area contributed by atoms with Crippen molar-refractivity contribution in [2.45, 2.75) is 6.92 Å². The molecule has 0 heterocycles. The second-order valence-electron chi connectivity index (χ2n) is 7.04. The van der Waals surface area contributed by atoms with Gasteiger partial charge in [0.25, 0.3) is 17.5 Å². The van der Waals surface area contributed by atoms with Crippen LogP contribution in [-0.4, -0.2) is 27.8 Å². The van der Waals surface area contributed by atoms with E-state index in [-0.39, 0.29) is 22.6 Å². The molecule has 0 aliphatic heterocycles. The van der Waals surface area contributed by atoms with Gasteiger partial charge in [-0.1, -0.05) is 42.0 Å². The summed E-state index contributed by atoms with van der Waals surface area (Å²) in [6, 6.07) is 18.0. The number of benzene rings is 3. The molecular weight excluding hydrogens is 426 g/mol. The standard InChI is InChI=1S/C24H19N3O6/c1-15-9-11-17(12-10-15)22(28)26-21(14-16-5-4-6-18(13-16)27(32)33)23(29)25-20-8-3-2-7-19(20)24(30)31/h2-14H,1H3,(H,25,29)(H,26,28)(H,30,31)/b21-14+. The van der Waals surface area contributed by atoms with Crippen LogP contribution in [0.1, 0.15) is 31.8 Å². The van der Waals surface area contributed by atoms with Crippen molar-refractivity contribution in [3.05, 3.63) is 111 Å². The Kier molecular flexibility index (Phi) is 6.94. The smallest absolute Gasteiger partial charge is 0.337 e. The Balaban J connectivity index is 1.97. The maximum Gasteiger partial charge on any atom is 0.337 e. The summed E-state index contributed by atoms with van der Waals surface area (Å²) in [6.07, 6.45) is 1.28. The van der Waals surface area contributed by atoms with Crippen molar-refractivity contribution in [2.75, 3.05) is 5.32 Å². The highest BCUT2D eigenvalue weighted by atomic mass is 16.6. The third kappa shape index (κ3) is 5.88. The van der Waals surface area contributed by atoms with E-state index in [0.717, 1.165) is 5.56 Å². The van der Waals surface area contributed by atoms with Gasteiger partial charge in [-0.3, -0.25) is 19.7 Å². The number of hydrogen-bond acceptors (Lipinski definition) is 5. The number of aryl methyl sites for hydroxylation is 1. The van der Waals surface area contributed by atoms with Gasteiger partial charge in [-0.2, -0.15) is 0 Å². The Labute approximate surface area is 188 Å². The lowest BCUT2D eigenvalue weighted by molar-refractivity contribution is -0.384. The van der Waals surface area contributed by atoms with E-state index in [1.165, 1.54) is 48.5 Å². The molecule has 166 valence electrons. The Morgan fingerprint density at radius 1 is 0.970 bits per heavy atom. The fourth-order valence-electron chi connectivity index (χ4n) is 2.92. The van der Waals surface area contributed by atoms with E-state index >= 15 is 0 Å². The Morgan fingerprint density at radius 2 is 1.67 bits per heavy atom. The van der Waals surface area contributed by atoms with Gasteiger partial charge in [0.1, 0.15) is 5.70 Å². The highest BCUT2D eigenvalue weighted by Crippen LogP contribution is 2.18. The lowest BCUT2D eigenvalue weighted by Crippen LogP contribution is -2.31. The summed E-state index contributed by atoms with van der Waals surface area (Å²) in [6.45, 7) is 1.86. The first-order valence-corrected chi connectivity index (χ1v) is 9.72. The summed E-state index contributed by atoms with van der Waals surface area (Å²) >= 11 is 0. The zero-order valence-electron chi connectivity index (χ0n) is 17.4. The predicted octanol–water partition coefficient (Wildman–Crippen LogP) is 4.01. The minimum Gasteiger partial charge on any atom is -0.478 e. The average molecular weight is 445 g/mol. The number of non-ortho nitro benzene ring substituents is 1. The average Bonchev–Trinajstić information content (AvgIpc) is 2.79. The molecule has 0 atom stereocenters. The SMILES string of the molecule is Cc1ccc(C(=O)N/C(=C/c2cccc([N+](=O)[O-])c2)C(=O)Nc2ccccc2C(=O)O)cc1. The summed E-state index contributed by atoms with van der Waals surface area (Å²) in [5.41, 5.74) is 1.03. The van der Waals surface area contributed by atoms with E-state index in [2.05, 4.69) is 10.6 Å². The van der Waals surface area contributed by atoms with Crippen molar-refractivity contribution >= 4 is 35.2 Å². The number of carboxylic acid groups (broad SMARTS) is 1. The lowest BCUT2D eigenvalue weighted by atomic mass is 10.1. The molecular formula is C24H19N3O6. The maximum atomic E-state index is 13.0. The largest absolute Gasteiger partial charge is 0.478 e. The van der Waals surface area contributed by atoms with Crippen LogP contribution in [0.5, 0.6) is 0 Å². The van der Waals surface area contributed by atoms with Crippen molar-refractivity contribution in [3.8, 4) is 0 Å². The van der Waals surface area contributed by atoms with E-state index in [4.69, 9.17) is 0 Å². The highest BCUT2D eigenvalue weighted by Gasteiger charge is 2.18. The van der Waals surface area contributed by atoms with Crippen molar-refractivity contribution in [1.29, 1.82) is 0 Å². The number of nitrogens with one attached hydrogen (secondary N) is 2. The van der Waals surface area contributed by atoms with E-state index in [9.17, 15) is 29.6 Å². The molecule has 0 saturated carbocycles. The second kappa shape index (κ2) is 10.0. The minimum absolute atomic E-state index is 0.0320. The van der Waals surface area contributed by atoms with Gasteiger partial charge in [-0.25, -0.2) is 4.79 Å². The molecule has 3 N–H and O–H groups in total. The molecule has 0 fully saturated rings. The van der Waals surface area contributed by atoms with E-state index in [1.54, 1.807) is 30.3 Å². The molecule has 0 bridgehead atoms. The maximum absolute atomic E-state index is 13.0.